The summed E-state index contributed by atoms with van der Waals surface area (Å²) < 4.78 is 33.5. The van der Waals surface area contributed by atoms with Gasteiger partial charge in [-0.2, -0.15) is 4.72 Å². The normalized spacial score (nSPS) is 12.2. The average molecular weight is 523 g/mol. The molecule has 1 atom stereocenters. The van der Waals surface area contributed by atoms with Crippen molar-refractivity contribution in [2.45, 2.75) is 16.7 Å². The van der Waals surface area contributed by atoms with E-state index in [0.717, 1.165) is 16.9 Å². The molecule has 0 bridgehead atoms. The summed E-state index contributed by atoms with van der Waals surface area (Å²) in [6.07, 6.45) is 0.165. The number of amides is 1. The maximum atomic E-state index is 13.0. The maximum absolute atomic E-state index is 13.0. The lowest BCUT2D eigenvalue weighted by atomic mass is 10.1. The molecular formula is C21H19BrN2O5S2. The number of nitrogens with one attached hydrogen (secondary N) is 2. The van der Waals surface area contributed by atoms with Gasteiger partial charge in [0.2, 0.25) is 5.91 Å². The number of hydrogen-bond donors (Lipinski definition) is 2. The first-order valence-electron chi connectivity index (χ1n) is 9.09. The van der Waals surface area contributed by atoms with Gasteiger partial charge in [0.15, 0.2) is 0 Å². The number of sulfonamides is 1. The van der Waals surface area contributed by atoms with Crippen molar-refractivity contribution < 1.29 is 22.7 Å². The monoisotopic (exact) mass is 522 g/mol. The summed E-state index contributed by atoms with van der Waals surface area (Å²) in [5, 5.41) is 2.70. The zero-order chi connectivity index (χ0) is 22.4. The van der Waals surface area contributed by atoms with Crippen molar-refractivity contribution in [3.05, 3.63) is 81.6 Å². The third-order valence-corrected chi connectivity index (χ3v) is 7.87. The van der Waals surface area contributed by atoms with Gasteiger partial charge in [0.05, 0.1) is 16.5 Å². The number of carbonyl (C=O) groups excluding carboxylic acids is 2. The molecule has 2 aromatic carbocycles. The largest absolute Gasteiger partial charge is 0.465 e. The SMILES string of the molecule is COC(=O)c1ccc(NC(=O)[C@H](Cc2ccccc2)NS(=O)(=O)c2ccc(Br)s2)cc1. The first-order chi connectivity index (χ1) is 14.8. The van der Waals surface area contributed by atoms with E-state index in [1.54, 1.807) is 18.2 Å². The number of esters is 1. The minimum Gasteiger partial charge on any atom is -0.465 e. The fourth-order valence-corrected chi connectivity index (χ4v) is 5.98. The number of halogens is 1. The van der Waals surface area contributed by atoms with Crippen LogP contribution in [0.3, 0.4) is 0 Å². The molecule has 0 spiro atoms. The van der Waals surface area contributed by atoms with Crippen molar-refractivity contribution >= 4 is 54.9 Å². The van der Waals surface area contributed by atoms with E-state index >= 15 is 0 Å². The topological polar surface area (TPSA) is 102 Å². The second-order valence-electron chi connectivity index (χ2n) is 6.48. The lowest BCUT2D eigenvalue weighted by Gasteiger charge is -2.18. The summed E-state index contributed by atoms with van der Waals surface area (Å²) in [6.45, 7) is 0. The van der Waals surface area contributed by atoms with Crippen molar-refractivity contribution in [3.8, 4) is 0 Å². The second kappa shape index (κ2) is 10.2. The minimum atomic E-state index is -3.90. The highest BCUT2D eigenvalue weighted by Crippen LogP contribution is 2.26. The van der Waals surface area contributed by atoms with E-state index in [1.165, 1.54) is 25.3 Å². The summed E-state index contributed by atoms with van der Waals surface area (Å²) in [5.41, 5.74) is 1.57. The molecule has 31 heavy (non-hydrogen) atoms. The third kappa shape index (κ3) is 6.23. The predicted octanol–water partition coefficient (Wildman–Crippen LogP) is 3.83. The van der Waals surface area contributed by atoms with Gasteiger partial charge in [0, 0.05) is 5.69 Å². The van der Waals surface area contributed by atoms with Crippen molar-refractivity contribution in [1.82, 2.24) is 4.72 Å². The Morgan fingerprint density at radius 2 is 1.71 bits per heavy atom. The van der Waals surface area contributed by atoms with Crippen LogP contribution in [-0.2, 0) is 26.0 Å². The quantitative estimate of drug-likeness (QED) is 0.437. The maximum Gasteiger partial charge on any atom is 0.337 e. The molecule has 1 aromatic heterocycles. The third-order valence-electron chi connectivity index (χ3n) is 4.28. The van der Waals surface area contributed by atoms with E-state index < -0.39 is 27.9 Å². The van der Waals surface area contributed by atoms with E-state index in [2.05, 4.69) is 30.7 Å². The smallest absolute Gasteiger partial charge is 0.337 e. The van der Waals surface area contributed by atoms with Crippen molar-refractivity contribution in [2.24, 2.45) is 0 Å². The van der Waals surface area contributed by atoms with E-state index in [-0.39, 0.29) is 10.6 Å². The van der Waals surface area contributed by atoms with Gasteiger partial charge < -0.3 is 10.1 Å². The zero-order valence-corrected chi connectivity index (χ0v) is 19.6. The van der Waals surface area contributed by atoms with Gasteiger partial charge in [-0.1, -0.05) is 30.3 Å². The molecule has 0 aliphatic rings. The number of thiophene rings is 1. The fraction of sp³-hybridized carbons (Fsp3) is 0.143. The van der Waals surface area contributed by atoms with E-state index in [9.17, 15) is 18.0 Å². The zero-order valence-electron chi connectivity index (χ0n) is 16.4. The molecule has 10 heteroatoms. The molecule has 0 saturated heterocycles. The number of rotatable bonds is 8. The Hall–Kier alpha value is -2.53. The lowest BCUT2D eigenvalue weighted by Crippen LogP contribution is -2.45. The molecule has 162 valence electrons. The Morgan fingerprint density at radius 3 is 2.29 bits per heavy atom. The van der Waals surface area contributed by atoms with Crippen LogP contribution in [0.25, 0.3) is 0 Å². The van der Waals surface area contributed by atoms with Crippen LogP contribution < -0.4 is 10.0 Å². The number of carbonyl (C=O) groups is 2. The number of anilines is 1. The van der Waals surface area contributed by atoms with Crippen LogP contribution in [0.2, 0.25) is 0 Å². The first kappa shape index (κ1) is 23.1. The molecule has 3 aromatic rings. The molecule has 0 unspecified atom stereocenters. The summed E-state index contributed by atoms with van der Waals surface area (Å²) in [7, 11) is -2.62. The van der Waals surface area contributed by atoms with Gasteiger partial charge in [-0.15, -0.1) is 11.3 Å². The summed E-state index contributed by atoms with van der Waals surface area (Å²) >= 11 is 4.31. The number of ether oxygens (including phenoxy) is 1. The minimum absolute atomic E-state index is 0.104. The highest BCUT2D eigenvalue weighted by molar-refractivity contribution is 9.11. The molecule has 2 N–H and O–H groups in total. The highest BCUT2D eigenvalue weighted by Gasteiger charge is 2.27. The Bertz CT molecular complexity index is 1160. The van der Waals surface area contributed by atoms with Crippen molar-refractivity contribution in [1.29, 1.82) is 0 Å². The molecular weight excluding hydrogens is 504 g/mol. The van der Waals surface area contributed by atoms with E-state index in [4.69, 9.17) is 0 Å². The fourth-order valence-electron chi connectivity index (χ4n) is 2.76. The Kier molecular flexibility index (Phi) is 7.60. The molecule has 0 aliphatic heterocycles. The molecule has 0 saturated carbocycles. The molecule has 0 fully saturated rings. The Balaban J connectivity index is 1.81. The van der Waals surface area contributed by atoms with Gasteiger partial charge in [0.1, 0.15) is 10.3 Å². The summed E-state index contributed by atoms with van der Waals surface area (Å²) in [4.78, 5) is 24.5. The molecule has 1 amide bonds. The van der Waals surface area contributed by atoms with Gasteiger partial charge in [-0.3, -0.25) is 4.79 Å². The van der Waals surface area contributed by atoms with Gasteiger partial charge in [0.25, 0.3) is 10.0 Å². The van der Waals surface area contributed by atoms with Gasteiger partial charge in [-0.25, -0.2) is 13.2 Å². The van der Waals surface area contributed by atoms with Crippen LogP contribution in [-0.4, -0.2) is 33.4 Å². The Labute approximate surface area is 192 Å². The standard InChI is InChI=1S/C21H19BrN2O5S2/c1-29-21(26)15-7-9-16(10-8-15)23-20(25)17(13-14-5-3-2-4-6-14)24-31(27,28)19-12-11-18(22)30-19/h2-12,17,24H,13H2,1H3,(H,23,25)/t17-/m0/s1. The van der Waals surface area contributed by atoms with Crippen LogP contribution in [0.4, 0.5) is 5.69 Å². The summed E-state index contributed by atoms with van der Waals surface area (Å²) in [5.74, 6) is -1.01. The molecule has 0 radical (unpaired) electrons. The summed E-state index contributed by atoms with van der Waals surface area (Å²) in [6, 6.07) is 17.3. The van der Waals surface area contributed by atoms with Crippen LogP contribution >= 0.6 is 27.3 Å². The number of benzene rings is 2. The average Bonchev–Trinajstić information content (AvgIpc) is 3.21. The molecule has 1 heterocycles. The second-order valence-corrected chi connectivity index (χ2v) is 10.9. The first-order valence-corrected chi connectivity index (χ1v) is 12.2. The van der Waals surface area contributed by atoms with Crippen molar-refractivity contribution in [2.75, 3.05) is 12.4 Å². The van der Waals surface area contributed by atoms with Crippen LogP contribution in [0.1, 0.15) is 15.9 Å². The van der Waals surface area contributed by atoms with Crippen molar-refractivity contribution in [3.63, 3.8) is 0 Å². The number of hydrogen-bond acceptors (Lipinski definition) is 6. The Morgan fingerprint density at radius 1 is 1.03 bits per heavy atom. The molecule has 0 aliphatic carbocycles. The molecule has 3 rings (SSSR count). The number of methoxy groups -OCH3 is 1. The van der Waals surface area contributed by atoms with Crippen LogP contribution in [0.5, 0.6) is 0 Å². The van der Waals surface area contributed by atoms with E-state index in [0.29, 0.717) is 15.0 Å². The highest BCUT2D eigenvalue weighted by atomic mass is 79.9. The predicted molar refractivity (Wildman–Crippen MR) is 123 cm³/mol. The molecule has 7 nitrogen and oxygen atoms in total. The van der Waals surface area contributed by atoms with Crippen LogP contribution in [0, 0.1) is 0 Å². The van der Waals surface area contributed by atoms with Crippen LogP contribution in [0.15, 0.2) is 74.7 Å². The lowest BCUT2D eigenvalue weighted by molar-refractivity contribution is -0.117. The van der Waals surface area contributed by atoms with Gasteiger partial charge >= 0.3 is 5.97 Å². The van der Waals surface area contributed by atoms with Gasteiger partial charge in [-0.05, 0) is 64.3 Å². The van der Waals surface area contributed by atoms with E-state index in [1.807, 2.05) is 30.3 Å².